The highest BCUT2D eigenvalue weighted by Gasteiger charge is 2.24. The number of nitrogens with two attached hydrogens (primary N) is 1. The van der Waals surface area contributed by atoms with Gasteiger partial charge in [-0.05, 0) is 37.5 Å². The third-order valence-corrected chi connectivity index (χ3v) is 4.42. The number of anilines is 2. The van der Waals surface area contributed by atoms with Gasteiger partial charge in [0.1, 0.15) is 0 Å². The van der Waals surface area contributed by atoms with Crippen LogP contribution >= 0.6 is 0 Å². The second kappa shape index (κ2) is 5.41. The molecule has 0 saturated heterocycles. The van der Waals surface area contributed by atoms with Gasteiger partial charge < -0.3 is 11.1 Å². The van der Waals surface area contributed by atoms with Crippen LogP contribution in [0.2, 0.25) is 0 Å². The lowest BCUT2D eigenvalue weighted by Crippen LogP contribution is -2.35. The molecule has 1 aromatic carbocycles. The predicted molar refractivity (Wildman–Crippen MR) is 79.2 cm³/mol. The summed E-state index contributed by atoms with van der Waals surface area (Å²) in [5, 5.41) is 2.68. The molecule has 0 fully saturated rings. The van der Waals surface area contributed by atoms with E-state index < -0.39 is 16.1 Å². The minimum Gasteiger partial charge on any atom is -0.325 e. The van der Waals surface area contributed by atoms with Crippen LogP contribution in [0.5, 0.6) is 0 Å². The number of benzene rings is 1. The number of hydrogen-bond donors (Lipinski definition) is 2. The van der Waals surface area contributed by atoms with E-state index in [1.165, 1.54) is 10.6 Å². The van der Waals surface area contributed by atoms with Crippen molar-refractivity contribution in [1.29, 1.82) is 0 Å². The van der Waals surface area contributed by atoms with E-state index in [2.05, 4.69) is 5.32 Å². The monoisotopic (exact) mass is 297 g/mol. The van der Waals surface area contributed by atoms with E-state index in [1.54, 1.807) is 19.1 Å². The van der Waals surface area contributed by atoms with Crippen molar-refractivity contribution in [3.63, 3.8) is 0 Å². The van der Waals surface area contributed by atoms with Crippen LogP contribution in [0.15, 0.2) is 18.2 Å². The molecule has 110 valence electrons. The molecular weight excluding hydrogens is 278 g/mol. The van der Waals surface area contributed by atoms with Gasteiger partial charge in [0, 0.05) is 12.2 Å². The number of rotatable bonds is 3. The molecule has 1 aliphatic heterocycles. The van der Waals surface area contributed by atoms with Gasteiger partial charge in [0.05, 0.1) is 18.0 Å². The summed E-state index contributed by atoms with van der Waals surface area (Å²) in [5.74, 6) is -0.299. The van der Waals surface area contributed by atoms with Gasteiger partial charge in [-0.25, -0.2) is 8.42 Å². The minimum atomic E-state index is -3.30. The average molecular weight is 297 g/mol. The first-order valence-corrected chi connectivity index (χ1v) is 8.31. The van der Waals surface area contributed by atoms with E-state index in [4.69, 9.17) is 5.73 Å². The Morgan fingerprint density at radius 2 is 2.15 bits per heavy atom. The molecule has 0 spiro atoms. The number of carbonyl (C=O) groups excluding carboxylic acids is 1. The highest BCUT2D eigenvalue weighted by Crippen LogP contribution is 2.31. The minimum absolute atomic E-state index is 0.299. The van der Waals surface area contributed by atoms with Crippen LogP contribution in [0.1, 0.15) is 18.9 Å². The smallest absolute Gasteiger partial charge is 0.240 e. The molecule has 2 rings (SSSR count). The summed E-state index contributed by atoms with van der Waals surface area (Å²) in [6.07, 6.45) is 2.82. The molecule has 0 bridgehead atoms. The van der Waals surface area contributed by atoms with Gasteiger partial charge in [0.2, 0.25) is 15.9 Å². The first-order valence-electron chi connectivity index (χ1n) is 6.46. The van der Waals surface area contributed by atoms with E-state index in [9.17, 15) is 13.2 Å². The molecule has 3 N–H and O–H groups in total. The summed E-state index contributed by atoms with van der Waals surface area (Å²) in [6.45, 7) is 2.06. The second-order valence-electron chi connectivity index (χ2n) is 5.06. The van der Waals surface area contributed by atoms with Crippen molar-refractivity contribution in [1.82, 2.24) is 0 Å². The quantitative estimate of drug-likeness (QED) is 0.858. The Bertz CT molecular complexity index is 626. The number of aryl methyl sites for hydroxylation is 1. The van der Waals surface area contributed by atoms with Crippen LogP contribution < -0.4 is 15.4 Å². The van der Waals surface area contributed by atoms with E-state index in [1.807, 2.05) is 6.07 Å². The maximum absolute atomic E-state index is 11.8. The number of sulfonamides is 1. The number of nitrogens with one attached hydrogen (secondary N) is 1. The van der Waals surface area contributed by atoms with Crippen molar-refractivity contribution in [2.75, 3.05) is 22.4 Å². The molecule has 6 nitrogen and oxygen atoms in total. The summed E-state index contributed by atoms with van der Waals surface area (Å²) >= 11 is 0. The highest BCUT2D eigenvalue weighted by atomic mass is 32.2. The molecule has 7 heteroatoms. The first-order chi connectivity index (χ1) is 9.29. The number of amides is 1. The summed E-state index contributed by atoms with van der Waals surface area (Å²) in [4.78, 5) is 11.6. The second-order valence-corrected chi connectivity index (χ2v) is 6.97. The molecule has 1 aliphatic rings. The van der Waals surface area contributed by atoms with Gasteiger partial charge in [0.25, 0.3) is 0 Å². The third-order valence-electron chi connectivity index (χ3n) is 3.24. The summed E-state index contributed by atoms with van der Waals surface area (Å²) in [6, 6.07) is 4.70. The summed E-state index contributed by atoms with van der Waals surface area (Å²) < 4.78 is 25.0. The number of hydrogen-bond acceptors (Lipinski definition) is 4. The normalized spacial score (nSPS) is 16.4. The largest absolute Gasteiger partial charge is 0.325 e. The molecule has 1 atom stereocenters. The zero-order valence-corrected chi connectivity index (χ0v) is 12.4. The fourth-order valence-corrected chi connectivity index (χ4v) is 3.21. The lowest BCUT2D eigenvalue weighted by atomic mass is 10.0. The van der Waals surface area contributed by atoms with E-state index in [0.717, 1.165) is 18.4 Å². The standard InChI is InChI=1S/C13H19N3O3S/c1-9(14)13(17)15-11-6-5-10-4-3-7-16(12(10)8-11)20(2,18)19/h5-6,8-9H,3-4,7,14H2,1-2H3,(H,15,17)/t9-/m0/s1. The molecule has 0 saturated carbocycles. The van der Waals surface area contributed by atoms with Crippen molar-refractivity contribution in [3.8, 4) is 0 Å². The Labute approximate surface area is 119 Å². The molecule has 0 unspecified atom stereocenters. The maximum Gasteiger partial charge on any atom is 0.240 e. The van der Waals surface area contributed by atoms with Gasteiger partial charge >= 0.3 is 0 Å². The topological polar surface area (TPSA) is 92.5 Å². The molecule has 1 heterocycles. The average Bonchev–Trinajstić information content (AvgIpc) is 2.36. The SMILES string of the molecule is C[C@H](N)C(=O)Nc1ccc2c(c1)N(S(C)(=O)=O)CCC2. The van der Waals surface area contributed by atoms with Gasteiger partial charge in [-0.1, -0.05) is 6.07 Å². The molecule has 1 aromatic rings. The van der Waals surface area contributed by atoms with Crippen LogP contribution in [-0.4, -0.2) is 33.2 Å². The number of nitrogens with zero attached hydrogens (tertiary/aromatic N) is 1. The van der Waals surface area contributed by atoms with Crippen molar-refractivity contribution >= 4 is 27.3 Å². The molecule has 1 amide bonds. The molecule has 0 radical (unpaired) electrons. The number of carbonyl (C=O) groups is 1. The predicted octanol–water partition coefficient (Wildman–Crippen LogP) is 0.684. The summed E-state index contributed by atoms with van der Waals surface area (Å²) in [5.41, 5.74) is 7.67. The van der Waals surface area contributed by atoms with Crippen LogP contribution in [0.4, 0.5) is 11.4 Å². The van der Waals surface area contributed by atoms with Gasteiger partial charge in [-0.3, -0.25) is 9.10 Å². The van der Waals surface area contributed by atoms with Crippen LogP contribution in [0.3, 0.4) is 0 Å². The fourth-order valence-electron chi connectivity index (χ4n) is 2.22. The molecule has 20 heavy (non-hydrogen) atoms. The molecule has 0 aromatic heterocycles. The lowest BCUT2D eigenvalue weighted by Gasteiger charge is -2.29. The highest BCUT2D eigenvalue weighted by molar-refractivity contribution is 7.92. The molecular formula is C13H19N3O3S. The fraction of sp³-hybridized carbons (Fsp3) is 0.462. The van der Waals surface area contributed by atoms with Crippen LogP contribution in [0, 0.1) is 0 Å². The maximum atomic E-state index is 11.8. The Balaban J connectivity index is 2.35. The Morgan fingerprint density at radius 3 is 2.75 bits per heavy atom. The van der Waals surface area contributed by atoms with Gasteiger partial charge in [0.15, 0.2) is 0 Å². The van der Waals surface area contributed by atoms with Crippen molar-refractivity contribution in [2.24, 2.45) is 5.73 Å². The summed E-state index contributed by atoms with van der Waals surface area (Å²) in [7, 11) is -3.30. The van der Waals surface area contributed by atoms with Crippen LogP contribution in [-0.2, 0) is 21.2 Å². The lowest BCUT2D eigenvalue weighted by molar-refractivity contribution is -0.117. The van der Waals surface area contributed by atoms with Crippen molar-refractivity contribution in [3.05, 3.63) is 23.8 Å². The Morgan fingerprint density at radius 1 is 1.45 bits per heavy atom. The van der Waals surface area contributed by atoms with E-state index in [-0.39, 0.29) is 5.91 Å². The third kappa shape index (κ3) is 3.10. The zero-order valence-electron chi connectivity index (χ0n) is 11.6. The van der Waals surface area contributed by atoms with E-state index >= 15 is 0 Å². The Hall–Kier alpha value is -1.60. The molecule has 0 aliphatic carbocycles. The number of fused-ring (bicyclic) bond motifs is 1. The first kappa shape index (κ1) is 14.8. The van der Waals surface area contributed by atoms with E-state index in [0.29, 0.717) is 17.9 Å². The zero-order chi connectivity index (χ0) is 14.9. The van der Waals surface area contributed by atoms with Crippen molar-refractivity contribution in [2.45, 2.75) is 25.8 Å². The van der Waals surface area contributed by atoms with Gasteiger partial charge in [-0.2, -0.15) is 0 Å². The van der Waals surface area contributed by atoms with Crippen LogP contribution in [0.25, 0.3) is 0 Å². The van der Waals surface area contributed by atoms with Gasteiger partial charge in [-0.15, -0.1) is 0 Å². The Kier molecular flexibility index (Phi) is 4.01. The van der Waals surface area contributed by atoms with Crippen molar-refractivity contribution < 1.29 is 13.2 Å².